The highest BCUT2D eigenvalue weighted by Crippen LogP contribution is 2.68. The van der Waals surface area contributed by atoms with Crippen molar-refractivity contribution in [1.82, 2.24) is 5.32 Å². The number of aliphatic hydroxyl groups is 5. The van der Waals surface area contributed by atoms with Crippen molar-refractivity contribution in [3.05, 3.63) is 11.6 Å². The summed E-state index contributed by atoms with van der Waals surface area (Å²) in [6, 6.07) is 0. The third-order valence-corrected chi connectivity index (χ3v) is 12.8. The van der Waals surface area contributed by atoms with Crippen molar-refractivity contribution in [2.24, 2.45) is 40.4 Å². The lowest BCUT2D eigenvalue weighted by atomic mass is 9.46. The number of nitrogens with one attached hydrogen (secondary N) is 1. The van der Waals surface area contributed by atoms with Gasteiger partial charge in [-0.3, -0.25) is 10.1 Å². The van der Waals surface area contributed by atoms with Gasteiger partial charge in [0.25, 0.3) is 0 Å². The highest BCUT2D eigenvalue weighted by atomic mass is 16.5. The largest absolute Gasteiger partial charge is 0.393 e. The molecule has 214 valence electrons. The first kappa shape index (κ1) is 27.3. The molecule has 0 aromatic rings. The number of allylic oxidation sites excluding steroid dienone is 1. The van der Waals surface area contributed by atoms with Crippen molar-refractivity contribution in [2.45, 2.75) is 121 Å². The van der Waals surface area contributed by atoms with Gasteiger partial charge < -0.3 is 30.3 Å². The van der Waals surface area contributed by atoms with Crippen molar-refractivity contribution in [3.8, 4) is 0 Å². The normalized spacial score (nSPS) is 54.7. The molecule has 4 aliphatic carbocycles. The third-order valence-electron chi connectivity index (χ3n) is 12.8. The first-order valence-electron chi connectivity index (χ1n) is 14.9. The van der Waals surface area contributed by atoms with Gasteiger partial charge >= 0.3 is 0 Å². The summed E-state index contributed by atoms with van der Waals surface area (Å²) in [6.07, 6.45) is 3.47. The lowest BCUT2D eigenvalue weighted by molar-refractivity contribution is -0.201. The summed E-state index contributed by atoms with van der Waals surface area (Å²) in [6.45, 7) is 8.59. The van der Waals surface area contributed by atoms with Crippen LogP contribution in [0.25, 0.3) is 0 Å². The fraction of sp³-hybridized carbons (Fsp3) is 0.900. The monoisotopic (exact) mass is 533 g/mol. The molecule has 0 bridgehead atoms. The van der Waals surface area contributed by atoms with Gasteiger partial charge in [0, 0.05) is 11.3 Å². The van der Waals surface area contributed by atoms with Crippen LogP contribution in [0.2, 0.25) is 0 Å². The first-order valence-corrected chi connectivity index (χ1v) is 14.9. The molecule has 38 heavy (non-hydrogen) atoms. The number of carbonyl (C=O) groups excluding carboxylic acids is 1. The minimum Gasteiger partial charge on any atom is -0.393 e. The van der Waals surface area contributed by atoms with Crippen LogP contribution in [0.1, 0.15) is 79.1 Å². The minimum absolute atomic E-state index is 0.00775. The molecule has 3 saturated carbocycles. The zero-order chi connectivity index (χ0) is 27.4. The van der Waals surface area contributed by atoms with Crippen LogP contribution in [0, 0.1) is 40.4 Å². The molecule has 0 radical (unpaired) electrons. The smallest absolute Gasteiger partial charge is 0.159 e. The molecule has 8 heteroatoms. The van der Waals surface area contributed by atoms with Crippen LogP contribution in [0.15, 0.2) is 11.6 Å². The fourth-order valence-electron chi connectivity index (χ4n) is 10.4. The SMILES string of the molecule is C[C@@H]1[C@H]2CCN[C@H](O)[C@H]2O[C@@H]1[C@@H](O)[C@@](C)(O)[C@H]1CC[C@@]2(O)C3=CC(=O)[C@@H]4C[C@@H](O)CC[C@]4(C)[C@H]3CC[C@]12C. The van der Waals surface area contributed by atoms with E-state index >= 15 is 0 Å². The van der Waals surface area contributed by atoms with Crippen molar-refractivity contribution in [3.63, 3.8) is 0 Å². The van der Waals surface area contributed by atoms with Crippen molar-refractivity contribution >= 4 is 5.78 Å². The summed E-state index contributed by atoms with van der Waals surface area (Å²) < 4.78 is 6.21. The van der Waals surface area contributed by atoms with Crippen molar-refractivity contribution in [2.75, 3.05) is 6.54 Å². The number of carbonyl (C=O) groups is 1. The maximum absolute atomic E-state index is 13.4. The van der Waals surface area contributed by atoms with E-state index < -0.39 is 53.2 Å². The predicted octanol–water partition coefficient (Wildman–Crippen LogP) is 1.66. The van der Waals surface area contributed by atoms with E-state index in [4.69, 9.17) is 4.74 Å². The molecular weight excluding hydrogens is 486 g/mol. The number of fused-ring (bicyclic) bond motifs is 6. The summed E-state index contributed by atoms with van der Waals surface area (Å²) in [7, 11) is 0. The van der Waals surface area contributed by atoms with Gasteiger partial charge in [0.1, 0.15) is 18.4 Å². The topological polar surface area (TPSA) is 139 Å². The molecule has 0 aromatic heterocycles. The van der Waals surface area contributed by atoms with Gasteiger partial charge in [-0.15, -0.1) is 0 Å². The highest BCUT2D eigenvalue weighted by molar-refractivity contribution is 5.95. The molecule has 0 amide bonds. The van der Waals surface area contributed by atoms with Crippen LogP contribution < -0.4 is 5.32 Å². The van der Waals surface area contributed by atoms with Crippen LogP contribution >= 0.6 is 0 Å². The van der Waals surface area contributed by atoms with E-state index in [1.165, 1.54) is 0 Å². The molecule has 6 N–H and O–H groups in total. The summed E-state index contributed by atoms with van der Waals surface area (Å²) in [5, 5.41) is 59.9. The third kappa shape index (κ3) is 3.50. The molecule has 2 saturated heterocycles. The van der Waals surface area contributed by atoms with E-state index in [2.05, 4.69) is 12.2 Å². The van der Waals surface area contributed by atoms with Gasteiger partial charge in [-0.1, -0.05) is 20.8 Å². The van der Waals surface area contributed by atoms with Gasteiger partial charge in [-0.05, 0) is 106 Å². The molecule has 8 nitrogen and oxygen atoms in total. The molecule has 2 heterocycles. The van der Waals surface area contributed by atoms with Crippen LogP contribution in [-0.2, 0) is 9.53 Å². The number of piperidine rings is 1. The summed E-state index contributed by atoms with van der Waals surface area (Å²) in [5.41, 5.74) is -2.95. The van der Waals surface area contributed by atoms with E-state index in [1.807, 2.05) is 13.8 Å². The Kier molecular flexibility index (Phi) is 6.33. The maximum atomic E-state index is 13.4. The number of ketones is 1. The minimum atomic E-state index is -1.53. The Labute approximate surface area is 225 Å². The predicted molar refractivity (Wildman–Crippen MR) is 140 cm³/mol. The Morgan fingerprint density at radius 1 is 1.11 bits per heavy atom. The van der Waals surface area contributed by atoms with E-state index in [-0.39, 0.29) is 34.9 Å². The zero-order valence-corrected chi connectivity index (χ0v) is 23.3. The summed E-state index contributed by atoms with van der Waals surface area (Å²) >= 11 is 0. The molecule has 5 fully saturated rings. The Hall–Kier alpha value is -0.870. The molecule has 2 aliphatic heterocycles. The van der Waals surface area contributed by atoms with E-state index in [0.29, 0.717) is 38.6 Å². The van der Waals surface area contributed by atoms with Crippen molar-refractivity contribution < 1.29 is 35.1 Å². The van der Waals surface area contributed by atoms with Gasteiger partial charge in [-0.2, -0.15) is 0 Å². The molecule has 0 spiro atoms. The number of aliphatic hydroxyl groups excluding tert-OH is 3. The Morgan fingerprint density at radius 2 is 1.84 bits per heavy atom. The van der Waals surface area contributed by atoms with Gasteiger partial charge in [0.15, 0.2) is 5.78 Å². The maximum Gasteiger partial charge on any atom is 0.159 e. The van der Waals surface area contributed by atoms with E-state index in [1.54, 1.807) is 13.0 Å². The summed E-state index contributed by atoms with van der Waals surface area (Å²) in [5.74, 6) is -0.460. The second-order valence-corrected chi connectivity index (χ2v) is 14.4. The molecule has 0 aromatic carbocycles. The number of hydrogen-bond acceptors (Lipinski definition) is 8. The zero-order valence-electron chi connectivity index (χ0n) is 23.3. The quantitative estimate of drug-likeness (QED) is 0.322. The van der Waals surface area contributed by atoms with E-state index in [0.717, 1.165) is 24.8 Å². The lowest BCUT2D eigenvalue weighted by Crippen LogP contribution is -2.63. The number of rotatable bonds is 3. The molecule has 6 aliphatic rings. The van der Waals surface area contributed by atoms with E-state index in [9.17, 15) is 30.3 Å². The van der Waals surface area contributed by atoms with Crippen LogP contribution in [0.3, 0.4) is 0 Å². The van der Waals surface area contributed by atoms with Crippen molar-refractivity contribution in [1.29, 1.82) is 0 Å². The Morgan fingerprint density at radius 3 is 2.55 bits per heavy atom. The second-order valence-electron chi connectivity index (χ2n) is 14.4. The van der Waals surface area contributed by atoms with Crippen LogP contribution in [0.4, 0.5) is 0 Å². The number of ether oxygens (including phenoxy) is 1. The number of hydrogen-bond donors (Lipinski definition) is 6. The Balaban J connectivity index is 1.30. The molecule has 14 atom stereocenters. The van der Waals surface area contributed by atoms with Crippen LogP contribution in [0.5, 0.6) is 0 Å². The lowest BCUT2D eigenvalue weighted by Gasteiger charge is -2.60. The van der Waals surface area contributed by atoms with Crippen LogP contribution in [-0.4, -0.2) is 79.7 Å². The Bertz CT molecular complexity index is 1010. The molecular formula is C30H47NO7. The average Bonchev–Trinajstić information content (AvgIpc) is 3.35. The van der Waals surface area contributed by atoms with Gasteiger partial charge in [0.2, 0.25) is 0 Å². The van der Waals surface area contributed by atoms with Gasteiger partial charge in [-0.25, -0.2) is 0 Å². The first-order chi connectivity index (χ1) is 17.8. The second kappa shape index (κ2) is 8.81. The molecule has 6 rings (SSSR count). The van der Waals surface area contributed by atoms with Gasteiger partial charge in [0.05, 0.1) is 23.4 Å². The highest BCUT2D eigenvalue weighted by Gasteiger charge is 2.69. The average molecular weight is 534 g/mol. The molecule has 0 unspecified atom stereocenters. The fourth-order valence-corrected chi connectivity index (χ4v) is 10.4. The standard InChI is InChI=1S/C30H47NO7/c1-15-17-8-12-31-26(35)24(17)38-23(15)25(34)29(4,36)22-7-11-30(37)19-14-21(33)20-13-16(32)5-9-27(20,2)18(19)6-10-28(22,30)3/h14-18,20,22-26,31-32,34-37H,5-13H2,1-4H3/t15-,16+,17-,18+,20+,22+,23+,24+,25-,26-,27-,28-,29+,30-/m1/s1. The summed E-state index contributed by atoms with van der Waals surface area (Å²) in [4.78, 5) is 13.4.